The summed E-state index contributed by atoms with van der Waals surface area (Å²) >= 11 is 5.84. The SMILES string of the molecule is CCCc1nn(C)cc1Cl. The molecule has 0 aliphatic heterocycles. The first kappa shape index (κ1) is 7.61. The van der Waals surface area contributed by atoms with Gasteiger partial charge in [-0.1, -0.05) is 24.9 Å². The maximum atomic E-state index is 5.84. The molecular weight excluding hydrogens is 148 g/mol. The Bertz CT molecular complexity index is 217. The molecule has 0 N–H and O–H groups in total. The quantitative estimate of drug-likeness (QED) is 0.644. The van der Waals surface area contributed by atoms with Crippen LogP contribution < -0.4 is 0 Å². The summed E-state index contributed by atoms with van der Waals surface area (Å²) in [5.74, 6) is 0. The molecule has 0 unspecified atom stereocenters. The van der Waals surface area contributed by atoms with Crippen molar-refractivity contribution in [3.63, 3.8) is 0 Å². The van der Waals surface area contributed by atoms with Crippen LogP contribution in [0.3, 0.4) is 0 Å². The Kier molecular flexibility index (Phi) is 2.33. The van der Waals surface area contributed by atoms with Gasteiger partial charge in [-0.05, 0) is 6.42 Å². The number of halogens is 1. The third-order valence-corrected chi connectivity index (χ3v) is 1.66. The van der Waals surface area contributed by atoms with Crippen LogP contribution in [0.4, 0.5) is 0 Å². The van der Waals surface area contributed by atoms with Crippen LogP contribution in [0, 0.1) is 0 Å². The lowest BCUT2D eigenvalue weighted by Gasteiger charge is -1.89. The van der Waals surface area contributed by atoms with Gasteiger partial charge in [0.05, 0.1) is 10.7 Å². The van der Waals surface area contributed by atoms with E-state index in [1.165, 1.54) is 0 Å². The summed E-state index contributed by atoms with van der Waals surface area (Å²) in [6, 6.07) is 0. The lowest BCUT2D eigenvalue weighted by molar-refractivity contribution is 0.733. The van der Waals surface area contributed by atoms with E-state index in [9.17, 15) is 0 Å². The van der Waals surface area contributed by atoms with Gasteiger partial charge in [-0.2, -0.15) is 5.10 Å². The van der Waals surface area contributed by atoms with Gasteiger partial charge in [0.1, 0.15) is 0 Å². The summed E-state index contributed by atoms with van der Waals surface area (Å²) in [4.78, 5) is 0. The Morgan fingerprint density at radius 1 is 1.70 bits per heavy atom. The van der Waals surface area contributed by atoms with E-state index < -0.39 is 0 Å². The van der Waals surface area contributed by atoms with Crippen molar-refractivity contribution in [3.8, 4) is 0 Å². The summed E-state index contributed by atoms with van der Waals surface area (Å²) in [5.41, 5.74) is 1.01. The molecule has 3 heteroatoms. The molecule has 0 amide bonds. The third kappa shape index (κ3) is 1.51. The highest BCUT2D eigenvalue weighted by atomic mass is 35.5. The number of hydrogen-bond acceptors (Lipinski definition) is 1. The summed E-state index contributed by atoms with van der Waals surface area (Å²) in [6.07, 6.45) is 3.89. The molecular formula is C7H11ClN2. The van der Waals surface area contributed by atoms with E-state index in [2.05, 4.69) is 12.0 Å². The maximum absolute atomic E-state index is 5.84. The molecule has 0 aliphatic rings. The van der Waals surface area contributed by atoms with E-state index in [-0.39, 0.29) is 0 Å². The van der Waals surface area contributed by atoms with E-state index in [0.717, 1.165) is 23.6 Å². The van der Waals surface area contributed by atoms with Gasteiger partial charge in [0.15, 0.2) is 0 Å². The standard InChI is InChI=1S/C7H11ClN2/c1-3-4-7-6(8)5-10(2)9-7/h5H,3-4H2,1-2H3. The van der Waals surface area contributed by atoms with Gasteiger partial charge in [0.25, 0.3) is 0 Å². The van der Waals surface area contributed by atoms with Crippen molar-refractivity contribution in [2.75, 3.05) is 0 Å². The van der Waals surface area contributed by atoms with Crippen LogP contribution in [0.25, 0.3) is 0 Å². The summed E-state index contributed by atoms with van der Waals surface area (Å²) in [6.45, 7) is 2.12. The second-order valence-corrected chi connectivity index (χ2v) is 2.75. The molecule has 0 radical (unpaired) electrons. The molecule has 1 rings (SSSR count). The Labute approximate surface area is 65.8 Å². The van der Waals surface area contributed by atoms with Crippen molar-refractivity contribution in [2.45, 2.75) is 19.8 Å². The first-order valence-corrected chi connectivity index (χ1v) is 3.80. The zero-order valence-electron chi connectivity index (χ0n) is 6.26. The van der Waals surface area contributed by atoms with Crippen LogP contribution in [-0.2, 0) is 13.5 Å². The van der Waals surface area contributed by atoms with Crippen molar-refractivity contribution < 1.29 is 0 Å². The maximum Gasteiger partial charge on any atom is 0.0817 e. The van der Waals surface area contributed by atoms with Crippen LogP contribution in [0.1, 0.15) is 19.0 Å². The predicted octanol–water partition coefficient (Wildman–Crippen LogP) is 2.03. The normalized spacial score (nSPS) is 10.3. The second kappa shape index (κ2) is 3.06. The van der Waals surface area contributed by atoms with Crippen molar-refractivity contribution >= 4 is 11.6 Å². The lowest BCUT2D eigenvalue weighted by Crippen LogP contribution is -1.90. The average molecular weight is 159 g/mol. The summed E-state index contributed by atoms with van der Waals surface area (Å²) < 4.78 is 1.74. The Hall–Kier alpha value is -0.500. The lowest BCUT2D eigenvalue weighted by atomic mass is 10.3. The van der Waals surface area contributed by atoms with Crippen LogP contribution in [-0.4, -0.2) is 9.78 Å². The van der Waals surface area contributed by atoms with Crippen LogP contribution in [0.15, 0.2) is 6.20 Å². The molecule has 0 fully saturated rings. The van der Waals surface area contributed by atoms with Crippen molar-refractivity contribution in [1.29, 1.82) is 0 Å². The number of nitrogens with zero attached hydrogens (tertiary/aromatic N) is 2. The molecule has 56 valence electrons. The highest BCUT2D eigenvalue weighted by Gasteiger charge is 2.01. The Morgan fingerprint density at radius 3 is 2.80 bits per heavy atom. The van der Waals surface area contributed by atoms with Gasteiger partial charge in [-0.15, -0.1) is 0 Å². The molecule has 2 nitrogen and oxygen atoms in total. The average Bonchev–Trinajstić information content (AvgIpc) is 2.13. The fourth-order valence-electron chi connectivity index (χ4n) is 0.912. The molecule has 0 bridgehead atoms. The van der Waals surface area contributed by atoms with E-state index in [1.54, 1.807) is 4.68 Å². The Balaban J connectivity index is 2.81. The minimum Gasteiger partial charge on any atom is -0.274 e. The van der Waals surface area contributed by atoms with Crippen molar-refractivity contribution in [1.82, 2.24) is 9.78 Å². The minimum absolute atomic E-state index is 0.782. The zero-order chi connectivity index (χ0) is 7.56. The predicted molar refractivity (Wildman–Crippen MR) is 42.2 cm³/mol. The van der Waals surface area contributed by atoms with E-state index in [1.807, 2.05) is 13.2 Å². The van der Waals surface area contributed by atoms with Crippen LogP contribution in [0.5, 0.6) is 0 Å². The molecule has 1 heterocycles. The zero-order valence-corrected chi connectivity index (χ0v) is 7.02. The third-order valence-electron chi connectivity index (χ3n) is 1.34. The molecule has 0 aliphatic carbocycles. The van der Waals surface area contributed by atoms with E-state index >= 15 is 0 Å². The highest BCUT2D eigenvalue weighted by Crippen LogP contribution is 2.14. The molecule has 0 saturated carbocycles. The second-order valence-electron chi connectivity index (χ2n) is 2.35. The highest BCUT2D eigenvalue weighted by molar-refractivity contribution is 6.31. The van der Waals surface area contributed by atoms with Gasteiger partial charge in [0.2, 0.25) is 0 Å². The smallest absolute Gasteiger partial charge is 0.0817 e. The largest absolute Gasteiger partial charge is 0.274 e. The minimum atomic E-state index is 0.782. The molecule has 0 aromatic carbocycles. The van der Waals surface area contributed by atoms with Gasteiger partial charge in [-0.25, -0.2) is 0 Å². The molecule has 1 aromatic heterocycles. The van der Waals surface area contributed by atoms with Gasteiger partial charge in [0, 0.05) is 13.2 Å². The Morgan fingerprint density at radius 2 is 2.40 bits per heavy atom. The monoisotopic (exact) mass is 158 g/mol. The summed E-state index contributed by atoms with van der Waals surface area (Å²) in [5, 5.41) is 4.97. The fraction of sp³-hybridized carbons (Fsp3) is 0.571. The number of aryl methyl sites for hydroxylation is 2. The first-order valence-electron chi connectivity index (χ1n) is 3.42. The molecule has 0 atom stereocenters. The number of rotatable bonds is 2. The van der Waals surface area contributed by atoms with Gasteiger partial charge < -0.3 is 0 Å². The summed E-state index contributed by atoms with van der Waals surface area (Å²) in [7, 11) is 1.88. The number of aromatic nitrogens is 2. The molecule has 1 aromatic rings. The number of hydrogen-bond donors (Lipinski definition) is 0. The van der Waals surface area contributed by atoms with E-state index in [0.29, 0.717) is 0 Å². The topological polar surface area (TPSA) is 17.8 Å². The van der Waals surface area contributed by atoms with Crippen LogP contribution >= 0.6 is 11.6 Å². The van der Waals surface area contributed by atoms with Crippen molar-refractivity contribution in [3.05, 3.63) is 16.9 Å². The fourth-order valence-corrected chi connectivity index (χ4v) is 1.19. The molecule has 10 heavy (non-hydrogen) atoms. The molecule has 0 saturated heterocycles. The van der Waals surface area contributed by atoms with Gasteiger partial charge in [-0.3, -0.25) is 4.68 Å². The first-order chi connectivity index (χ1) is 4.74. The van der Waals surface area contributed by atoms with Crippen LogP contribution in [0.2, 0.25) is 5.02 Å². The van der Waals surface area contributed by atoms with Gasteiger partial charge >= 0.3 is 0 Å². The molecule has 0 spiro atoms. The van der Waals surface area contributed by atoms with Crippen molar-refractivity contribution in [2.24, 2.45) is 7.05 Å². The van der Waals surface area contributed by atoms with E-state index in [4.69, 9.17) is 11.6 Å².